The van der Waals surface area contributed by atoms with Crippen LogP contribution < -0.4 is 11.1 Å². The number of aromatic nitrogens is 4. The third-order valence-corrected chi connectivity index (χ3v) is 8.46. The summed E-state index contributed by atoms with van der Waals surface area (Å²) in [6, 6.07) is 13.6. The first kappa shape index (κ1) is 29.1. The molecule has 6 rings (SSSR count). The van der Waals surface area contributed by atoms with Crippen LogP contribution in [-0.4, -0.2) is 49.3 Å². The number of rotatable bonds is 8. The Hall–Kier alpha value is -4.02. The number of fused-ring (bicyclic) bond motifs is 1. The predicted molar refractivity (Wildman–Crippen MR) is 167 cm³/mol. The number of imidazole rings is 1. The molecule has 3 N–H and O–H groups in total. The lowest BCUT2D eigenvalue weighted by atomic mass is 9.81. The van der Waals surface area contributed by atoms with Crippen LogP contribution in [-0.2, 0) is 6.54 Å². The van der Waals surface area contributed by atoms with Crippen LogP contribution in [0.1, 0.15) is 57.0 Å². The molecule has 2 aromatic heterocycles. The topological polar surface area (TPSA) is 97.2 Å². The molecule has 43 heavy (non-hydrogen) atoms. The minimum Gasteiger partial charge on any atom is -0.326 e. The Morgan fingerprint density at radius 2 is 1.84 bits per heavy atom. The van der Waals surface area contributed by atoms with E-state index in [2.05, 4.69) is 60.5 Å². The first-order chi connectivity index (χ1) is 20.7. The Kier molecular flexibility index (Phi) is 8.07. The average Bonchev–Trinajstić information content (AvgIpc) is 3.33. The molecule has 1 atom stereocenters. The minimum absolute atomic E-state index is 0.000346. The van der Waals surface area contributed by atoms with E-state index < -0.39 is 17.2 Å². The van der Waals surface area contributed by atoms with E-state index in [1.165, 1.54) is 11.6 Å². The summed E-state index contributed by atoms with van der Waals surface area (Å²) >= 11 is 0. The Labute approximate surface area is 250 Å². The molecule has 1 saturated heterocycles. The van der Waals surface area contributed by atoms with Crippen molar-refractivity contribution < 1.29 is 8.78 Å². The van der Waals surface area contributed by atoms with Crippen molar-refractivity contribution in [2.75, 3.05) is 18.4 Å². The molecule has 8 nitrogen and oxygen atoms in total. The number of anilines is 1. The van der Waals surface area contributed by atoms with Gasteiger partial charge in [-0.25, -0.2) is 28.7 Å². The van der Waals surface area contributed by atoms with Crippen LogP contribution in [0.4, 0.5) is 14.7 Å². The van der Waals surface area contributed by atoms with Gasteiger partial charge in [-0.2, -0.15) is 0 Å². The monoisotopic (exact) mass is 584 g/mol. The van der Waals surface area contributed by atoms with Gasteiger partial charge in [-0.3, -0.25) is 4.90 Å². The molecule has 2 aromatic carbocycles. The highest BCUT2D eigenvalue weighted by Gasteiger charge is 2.31. The van der Waals surface area contributed by atoms with E-state index in [-0.39, 0.29) is 23.2 Å². The van der Waals surface area contributed by atoms with Crippen molar-refractivity contribution in [3.63, 3.8) is 0 Å². The molecule has 0 bridgehead atoms. The standard InChI is InChI=1S/C33H38F2N8/c1-21(2)43-22(3)39-31-26(34)15-25(16-28(31)43)30-27(35)18-37-32(41-30)40-29-9-12-33(36,20-38-29)17-23-10-13-42(14-11-23)19-24-7-5-4-6-8-24/h4-9,15-16,18,20-21,23H,10-14,17,19,36H2,1-3H3,(H,37,40,41). The van der Waals surface area contributed by atoms with E-state index in [1.54, 1.807) is 6.07 Å². The van der Waals surface area contributed by atoms with E-state index in [0.29, 0.717) is 35.1 Å². The van der Waals surface area contributed by atoms with Gasteiger partial charge < -0.3 is 15.6 Å². The zero-order valence-electron chi connectivity index (χ0n) is 24.9. The number of benzene rings is 2. The Morgan fingerprint density at radius 1 is 1.07 bits per heavy atom. The molecule has 0 aliphatic carbocycles. The maximum Gasteiger partial charge on any atom is 0.229 e. The number of piperidine rings is 1. The van der Waals surface area contributed by atoms with E-state index in [4.69, 9.17) is 5.73 Å². The number of hydrogen-bond donors (Lipinski definition) is 2. The largest absolute Gasteiger partial charge is 0.326 e. The van der Waals surface area contributed by atoms with Crippen molar-refractivity contribution in [3.8, 4) is 11.3 Å². The van der Waals surface area contributed by atoms with Crippen LogP contribution in [0.15, 0.2) is 65.6 Å². The quantitative estimate of drug-likeness (QED) is 0.249. The van der Waals surface area contributed by atoms with Gasteiger partial charge in [0.2, 0.25) is 5.95 Å². The normalized spacial score (nSPS) is 19.7. The van der Waals surface area contributed by atoms with Gasteiger partial charge in [0.05, 0.1) is 17.3 Å². The van der Waals surface area contributed by atoms with Gasteiger partial charge in [-0.1, -0.05) is 30.3 Å². The van der Waals surface area contributed by atoms with Gasteiger partial charge in [0.1, 0.15) is 22.9 Å². The number of likely N-dealkylation sites (tertiary alicyclic amines) is 1. The van der Waals surface area contributed by atoms with Gasteiger partial charge in [-0.05, 0) is 89.2 Å². The fourth-order valence-electron chi connectivity index (χ4n) is 6.34. The highest BCUT2D eigenvalue weighted by Crippen LogP contribution is 2.32. The van der Waals surface area contributed by atoms with Crippen LogP contribution >= 0.6 is 0 Å². The molecule has 0 amide bonds. The molecular formula is C33H38F2N8. The molecule has 4 heterocycles. The van der Waals surface area contributed by atoms with E-state index in [9.17, 15) is 4.39 Å². The van der Waals surface area contributed by atoms with Crippen molar-refractivity contribution in [2.45, 2.75) is 64.6 Å². The third-order valence-electron chi connectivity index (χ3n) is 8.46. The molecular weight excluding hydrogens is 546 g/mol. The summed E-state index contributed by atoms with van der Waals surface area (Å²) in [6.07, 6.45) is 8.56. The van der Waals surface area contributed by atoms with Crippen LogP contribution in [0.2, 0.25) is 0 Å². The molecule has 0 spiro atoms. The zero-order valence-corrected chi connectivity index (χ0v) is 24.9. The second-order valence-corrected chi connectivity index (χ2v) is 12.2. The molecule has 0 saturated carbocycles. The highest BCUT2D eigenvalue weighted by molar-refractivity contribution is 5.83. The smallest absolute Gasteiger partial charge is 0.229 e. The van der Waals surface area contributed by atoms with Crippen LogP contribution in [0.25, 0.3) is 22.3 Å². The van der Waals surface area contributed by atoms with Crippen LogP contribution in [0.5, 0.6) is 0 Å². The molecule has 1 unspecified atom stereocenters. The predicted octanol–water partition coefficient (Wildman–Crippen LogP) is 6.39. The lowest BCUT2D eigenvalue weighted by molar-refractivity contribution is 0.163. The lowest BCUT2D eigenvalue weighted by Crippen LogP contribution is -2.46. The third kappa shape index (κ3) is 6.35. The number of hydrogen-bond acceptors (Lipinski definition) is 7. The summed E-state index contributed by atoms with van der Waals surface area (Å²) in [7, 11) is 0. The van der Waals surface area contributed by atoms with E-state index in [1.807, 2.05) is 37.6 Å². The minimum atomic E-state index is -0.645. The molecule has 2 aliphatic heterocycles. The lowest BCUT2D eigenvalue weighted by Gasteiger charge is -2.36. The number of nitrogens with one attached hydrogen (secondary N) is 1. The summed E-state index contributed by atoms with van der Waals surface area (Å²) in [5, 5.41) is 3.07. The van der Waals surface area contributed by atoms with Crippen LogP contribution in [0, 0.1) is 24.5 Å². The zero-order chi connectivity index (χ0) is 30.1. The van der Waals surface area contributed by atoms with Gasteiger partial charge in [0.25, 0.3) is 0 Å². The molecule has 2 aliphatic rings. The average molecular weight is 585 g/mol. The maximum absolute atomic E-state index is 15.0. The Morgan fingerprint density at radius 3 is 2.53 bits per heavy atom. The van der Waals surface area contributed by atoms with Crippen molar-refractivity contribution >= 4 is 23.2 Å². The fraction of sp³-hybridized carbons (Fsp3) is 0.394. The van der Waals surface area contributed by atoms with E-state index in [0.717, 1.165) is 45.1 Å². The second-order valence-electron chi connectivity index (χ2n) is 12.2. The summed E-state index contributed by atoms with van der Waals surface area (Å²) in [4.78, 5) is 19.9. The Bertz CT molecular complexity index is 1670. The SMILES string of the molecule is Cc1nc2c(F)cc(-c3nc(NC4=CCC(N)(CC5CCN(Cc6ccccc6)CC5)C=N4)ncc3F)cc2n1C(C)C. The maximum atomic E-state index is 15.0. The molecule has 0 radical (unpaired) electrons. The Balaban J connectivity index is 1.10. The molecule has 1 fully saturated rings. The van der Waals surface area contributed by atoms with Crippen LogP contribution in [0.3, 0.4) is 0 Å². The second kappa shape index (κ2) is 11.9. The van der Waals surface area contributed by atoms with Crippen molar-refractivity contribution in [1.82, 2.24) is 24.4 Å². The summed E-state index contributed by atoms with van der Waals surface area (Å²) < 4.78 is 31.9. The van der Waals surface area contributed by atoms with E-state index >= 15 is 4.39 Å². The molecule has 10 heteroatoms. The number of nitrogens with two attached hydrogens (primary N) is 1. The first-order valence-corrected chi connectivity index (χ1v) is 15.0. The van der Waals surface area contributed by atoms with Crippen molar-refractivity contribution in [3.05, 3.63) is 83.6 Å². The molecule has 224 valence electrons. The van der Waals surface area contributed by atoms with Gasteiger partial charge in [0.15, 0.2) is 11.6 Å². The summed E-state index contributed by atoms with van der Waals surface area (Å²) in [6.45, 7) is 8.94. The highest BCUT2D eigenvalue weighted by atomic mass is 19.1. The number of nitrogens with zero attached hydrogens (tertiary/aromatic N) is 6. The number of aryl methyl sites for hydroxylation is 1. The summed E-state index contributed by atoms with van der Waals surface area (Å²) in [5.74, 6) is 0.786. The van der Waals surface area contributed by atoms with Gasteiger partial charge >= 0.3 is 0 Å². The van der Waals surface area contributed by atoms with Crippen molar-refractivity contribution in [1.29, 1.82) is 0 Å². The molecule has 4 aromatic rings. The van der Waals surface area contributed by atoms with Crippen molar-refractivity contribution in [2.24, 2.45) is 16.6 Å². The fourth-order valence-corrected chi connectivity index (χ4v) is 6.34. The number of halogens is 2. The summed E-state index contributed by atoms with van der Waals surface area (Å²) in [5.41, 5.74) is 8.75. The number of aliphatic imine (C=N–C) groups is 1. The first-order valence-electron chi connectivity index (χ1n) is 15.0. The van der Waals surface area contributed by atoms with Gasteiger partial charge in [-0.15, -0.1) is 0 Å². The van der Waals surface area contributed by atoms with Gasteiger partial charge in [0, 0.05) is 24.4 Å².